The summed E-state index contributed by atoms with van der Waals surface area (Å²) in [6.45, 7) is 10.8. The molecule has 5 rings (SSSR count). The third kappa shape index (κ3) is 6.16. The fourth-order valence-corrected chi connectivity index (χ4v) is 6.38. The minimum atomic E-state index is -0.415. The number of phenols is 1. The molecule has 1 amide bonds. The first-order chi connectivity index (χ1) is 19.2. The van der Waals surface area contributed by atoms with Crippen molar-refractivity contribution in [1.82, 2.24) is 9.80 Å². The number of nitrogens with zero attached hydrogens (tertiary/aromatic N) is 3. The maximum absolute atomic E-state index is 13.9. The van der Waals surface area contributed by atoms with E-state index in [0.717, 1.165) is 61.4 Å². The summed E-state index contributed by atoms with van der Waals surface area (Å²) < 4.78 is 13.9. The van der Waals surface area contributed by atoms with Gasteiger partial charge in [0.05, 0.1) is 11.6 Å². The Morgan fingerprint density at radius 2 is 1.68 bits per heavy atom. The maximum Gasteiger partial charge on any atom is 0.250 e. The number of carbonyl (C=O) groups is 1. The molecule has 2 saturated heterocycles. The van der Waals surface area contributed by atoms with Crippen LogP contribution >= 0.6 is 0 Å². The van der Waals surface area contributed by atoms with Crippen LogP contribution in [0.2, 0.25) is 0 Å². The van der Waals surface area contributed by atoms with Gasteiger partial charge in [-0.15, -0.1) is 0 Å². The highest BCUT2D eigenvalue weighted by Crippen LogP contribution is 2.38. The summed E-state index contributed by atoms with van der Waals surface area (Å²) in [4.78, 5) is 19.6. The van der Waals surface area contributed by atoms with E-state index in [9.17, 15) is 14.3 Å². The SMILES string of the molecule is CC1CCN(c2cc([C@H](c3cccc(O)c3)N3C[C@@H](C)N(Cc4cccc(F)c4)C[C@@H]3C)ccc2C(N)=O)CC1. The molecule has 0 aliphatic carbocycles. The van der Waals surface area contributed by atoms with Crippen molar-refractivity contribution in [3.05, 3.63) is 94.8 Å². The van der Waals surface area contributed by atoms with Crippen LogP contribution in [0.15, 0.2) is 66.7 Å². The van der Waals surface area contributed by atoms with Crippen molar-refractivity contribution >= 4 is 11.6 Å². The molecule has 2 heterocycles. The van der Waals surface area contributed by atoms with Gasteiger partial charge in [-0.3, -0.25) is 14.6 Å². The number of aromatic hydroxyl groups is 1. The lowest BCUT2D eigenvalue weighted by atomic mass is 9.91. The number of amides is 1. The van der Waals surface area contributed by atoms with Crippen molar-refractivity contribution in [3.63, 3.8) is 0 Å². The van der Waals surface area contributed by atoms with Crippen LogP contribution in [0, 0.1) is 11.7 Å². The first-order valence-electron chi connectivity index (χ1n) is 14.4. The van der Waals surface area contributed by atoms with Gasteiger partial charge in [0.2, 0.25) is 0 Å². The number of piperazine rings is 1. The summed E-state index contributed by atoms with van der Waals surface area (Å²) in [7, 11) is 0. The molecule has 0 spiro atoms. The number of halogens is 1. The summed E-state index contributed by atoms with van der Waals surface area (Å²) in [5, 5.41) is 10.4. The van der Waals surface area contributed by atoms with Crippen LogP contribution in [0.4, 0.5) is 10.1 Å². The standard InChI is InChI=1S/C33H41FN4O2/c1-22-12-14-36(15-13-22)31-18-27(10-11-30(31)33(35)40)32(26-7-5-9-29(39)17-26)38-20-23(2)37(19-24(38)3)21-25-6-4-8-28(34)16-25/h4-11,16-18,22-24,32,39H,12-15,19-21H2,1-3H3,(H2,35,40)/t23-,24+,32+/m1/s1. The molecule has 40 heavy (non-hydrogen) atoms. The van der Waals surface area contributed by atoms with Crippen molar-refractivity contribution in [3.8, 4) is 5.75 Å². The number of hydrogen-bond donors (Lipinski definition) is 2. The van der Waals surface area contributed by atoms with Crippen LogP contribution in [0.1, 0.15) is 66.7 Å². The molecule has 7 heteroatoms. The molecule has 3 aromatic carbocycles. The van der Waals surface area contributed by atoms with E-state index >= 15 is 0 Å². The Balaban J connectivity index is 1.49. The topological polar surface area (TPSA) is 73.0 Å². The molecule has 0 aromatic heterocycles. The molecule has 0 unspecified atom stereocenters. The van der Waals surface area contributed by atoms with Crippen LogP contribution in [0.25, 0.3) is 0 Å². The largest absolute Gasteiger partial charge is 0.508 e. The lowest BCUT2D eigenvalue weighted by Gasteiger charge is -2.48. The van der Waals surface area contributed by atoms with E-state index in [1.807, 2.05) is 30.3 Å². The second-order valence-electron chi connectivity index (χ2n) is 11.8. The van der Waals surface area contributed by atoms with Crippen molar-refractivity contribution in [1.29, 1.82) is 0 Å². The summed E-state index contributed by atoms with van der Waals surface area (Å²) in [6.07, 6.45) is 2.17. The number of rotatable bonds is 7. The zero-order valence-electron chi connectivity index (χ0n) is 23.8. The molecular formula is C33H41FN4O2. The van der Waals surface area contributed by atoms with Crippen LogP contribution in [0.5, 0.6) is 5.75 Å². The third-order valence-electron chi connectivity index (χ3n) is 8.68. The Morgan fingerprint density at radius 1 is 0.950 bits per heavy atom. The fourth-order valence-electron chi connectivity index (χ4n) is 6.38. The summed E-state index contributed by atoms with van der Waals surface area (Å²) >= 11 is 0. The fraction of sp³-hybridized carbons (Fsp3) is 0.424. The van der Waals surface area contributed by atoms with Gasteiger partial charge in [0, 0.05) is 50.5 Å². The maximum atomic E-state index is 13.9. The summed E-state index contributed by atoms with van der Waals surface area (Å²) in [5.41, 5.74) is 10.3. The Hall–Kier alpha value is -3.42. The average molecular weight is 545 g/mol. The van der Waals surface area contributed by atoms with E-state index in [4.69, 9.17) is 5.73 Å². The van der Waals surface area contributed by atoms with Gasteiger partial charge in [-0.25, -0.2) is 4.39 Å². The molecule has 3 N–H and O–H groups in total. The molecule has 3 atom stereocenters. The van der Waals surface area contributed by atoms with E-state index in [1.165, 1.54) is 6.07 Å². The molecule has 0 radical (unpaired) electrons. The van der Waals surface area contributed by atoms with Gasteiger partial charge < -0.3 is 15.7 Å². The van der Waals surface area contributed by atoms with E-state index in [0.29, 0.717) is 18.0 Å². The van der Waals surface area contributed by atoms with E-state index in [1.54, 1.807) is 18.2 Å². The highest BCUT2D eigenvalue weighted by atomic mass is 19.1. The van der Waals surface area contributed by atoms with Crippen molar-refractivity contribution in [2.75, 3.05) is 31.1 Å². The van der Waals surface area contributed by atoms with Crippen molar-refractivity contribution in [2.45, 2.75) is 58.3 Å². The Kier molecular flexibility index (Phi) is 8.43. The molecule has 2 fully saturated rings. The van der Waals surface area contributed by atoms with E-state index in [2.05, 4.69) is 47.6 Å². The van der Waals surface area contributed by atoms with Gasteiger partial charge in [0.15, 0.2) is 0 Å². The number of benzene rings is 3. The molecule has 2 aliphatic rings. The van der Waals surface area contributed by atoms with E-state index in [-0.39, 0.29) is 29.7 Å². The number of phenolic OH excluding ortho intramolecular Hbond substituents is 1. The summed E-state index contributed by atoms with van der Waals surface area (Å²) in [5.74, 6) is 0.274. The van der Waals surface area contributed by atoms with Crippen molar-refractivity contribution < 1.29 is 14.3 Å². The van der Waals surface area contributed by atoms with Gasteiger partial charge in [-0.2, -0.15) is 0 Å². The molecular weight excluding hydrogens is 503 g/mol. The van der Waals surface area contributed by atoms with Crippen LogP contribution in [-0.4, -0.2) is 59.1 Å². The molecule has 0 saturated carbocycles. The monoisotopic (exact) mass is 544 g/mol. The third-order valence-corrected chi connectivity index (χ3v) is 8.68. The first kappa shape index (κ1) is 28.1. The van der Waals surface area contributed by atoms with Gasteiger partial charge in [-0.1, -0.05) is 37.3 Å². The molecule has 212 valence electrons. The average Bonchev–Trinajstić information content (AvgIpc) is 2.92. The predicted molar refractivity (Wildman–Crippen MR) is 158 cm³/mol. The molecule has 0 bridgehead atoms. The van der Waals surface area contributed by atoms with Gasteiger partial charge in [0.1, 0.15) is 11.6 Å². The van der Waals surface area contributed by atoms with Crippen LogP contribution < -0.4 is 10.6 Å². The number of nitrogens with two attached hydrogens (primary N) is 1. The van der Waals surface area contributed by atoms with Gasteiger partial charge in [0.25, 0.3) is 5.91 Å². The highest BCUT2D eigenvalue weighted by Gasteiger charge is 2.35. The second kappa shape index (κ2) is 12.0. The first-order valence-corrected chi connectivity index (χ1v) is 14.4. The molecule has 6 nitrogen and oxygen atoms in total. The van der Waals surface area contributed by atoms with Gasteiger partial charge >= 0.3 is 0 Å². The molecule has 2 aliphatic heterocycles. The highest BCUT2D eigenvalue weighted by molar-refractivity contribution is 5.99. The summed E-state index contributed by atoms with van der Waals surface area (Å²) in [6, 6.07) is 20.6. The Morgan fingerprint density at radius 3 is 2.38 bits per heavy atom. The zero-order valence-corrected chi connectivity index (χ0v) is 23.8. The minimum Gasteiger partial charge on any atom is -0.508 e. The number of carbonyl (C=O) groups excluding carboxylic acids is 1. The van der Waals surface area contributed by atoms with Gasteiger partial charge in [-0.05, 0) is 85.7 Å². The quantitative estimate of drug-likeness (QED) is 0.408. The Labute approximate surface area is 237 Å². The predicted octanol–water partition coefficient (Wildman–Crippen LogP) is 5.55. The normalized spacial score (nSPS) is 21.9. The number of hydrogen-bond acceptors (Lipinski definition) is 5. The lowest BCUT2D eigenvalue weighted by molar-refractivity contribution is 0.0195. The number of piperidine rings is 1. The van der Waals surface area contributed by atoms with Crippen molar-refractivity contribution in [2.24, 2.45) is 11.7 Å². The van der Waals surface area contributed by atoms with Crippen LogP contribution in [0.3, 0.4) is 0 Å². The smallest absolute Gasteiger partial charge is 0.250 e. The lowest BCUT2D eigenvalue weighted by Crippen LogP contribution is -2.56. The van der Waals surface area contributed by atoms with E-state index < -0.39 is 5.91 Å². The molecule has 3 aromatic rings. The Bertz CT molecular complexity index is 1340. The minimum absolute atomic E-state index is 0.120. The number of anilines is 1. The second-order valence-corrected chi connectivity index (χ2v) is 11.8. The van der Waals surface area contributed by atoms with Crippen LogP contribution in [-0.2, 0) is 6.54 Å². The number of primary amides is 1. The zero-order chi connectivity index (χ0) is 28.4.